The molecule has 0 atom stereocenters. The van der Waals surface area contributed by atoms with Crippen LogP contribution in [-0.2, 0) is 4.79 Å². The van der Waals surface area contributed by atoms with Crippen molar-refractivity contribution in [3.63, 3.8) is 0 Å². The van der Waals surface area contributed by atoms with Crippen LogP contribution in [0.5, 0.6) is 0 Å². The van der Waals surface area contributed by atoms with E-state index >= 15 is 0 Å². The third-order valence-corrected chi connectivity index (χ3v) is 4.91. The molecular formula is C17H21N5O. The van der Waals surface area contributed by atoms with Gasteiger partial charge >= 0.3 is 0 Å². The van der Waals surface area contributed by atoms with Gasteiger partial charge in [-0.25, -0.2) is 9.97 Å². The Labute approximate surface area is 135 Å². The third-order valence-electron chi connectivity index (χ3n) is 4.91. The highest BCUT2D eigenvalue weighted by molar-refractivity contribution is 5.88. The summed E-state index contributed by atoms with van der Waals surface area (Å²) in [4.78, 5) is 29.6. The molecule has 0 saturated carbocycles. The molecule has 0 aromatic carbocycles. The van der Waals surface area contributed by atoms with E-state index in [2.05, 4.69) is 24.8 Å². The number of pyridine rings is 1. The van der Waals surface area contributed by atoms with Gasteiger partial charge in [0.05, 0.1) is 11.7 Å². The quantitative estimate of drug-likeness (QED) is 0.848. The summed E-state index contributed by atoms with van der Waals surface area (Å²) < 4.78 is 0. The predicted octanol–water partition coefficient (Wildman–Crippen LogP) is 1.92. The number of hydrogen-bond donors (Lipinski definition) is 0. The zero-order valence-corrected chi connectivity index (χ0v) is 13.4. The van der Waals surface area contributed by atoms with Gasteiger partial charge in [0.2, 0.25) is 5.91 Å². The van der Waals surface area contributed by atoms with Crippen molar-refractivity contribution in [2.75, 3.05) is 24.5 Å². The summed E-state index contributed by atoms with van der Waals surface area (Å²) in [6, 6.07) is 2.39. The number of piperidine rings is 1. The van der Waals surface area contributed by atoms with Gasteiger partial charge in [0.1, 0.15) is 11.6 Å². The monoisotopic (exact) mass is 311 g/mol. The van der Waals surface area contributed by atoms with Gasteiger partial charge in [-0.3, -0.25) is 9.78 Å². The van der Waals surface area contributed by atoms with Crippen LogP contribution in [-0.4, -0.2) is 51.4 Å². The molecule has 2 saturated heterocycles. The van der Waals surface area contributed by atoms with Crippen LogP contribution in [0.4, 0.5) is 5.82 Å². The van der Waals surface area contributed by atoms with Crippen LogP contribution in [0.2, 0.25) is 0 Å². The van der Waals surface area contributed by atoms with Crippen LogP contribution in [0.1, 0.15) is 31.5 Å². The fourth-order valence-electron chi connectivity index (χ4n) is 3.76. The number of fused-ring (bicyclic) bond motifs is 1. The van der Waals surface area contributed by atoms with Crippen molar-refractivity contribution in [3.8, 4) is 0 Å². The molecule has 120 valence electrons. The minimum atomic E-state index is 0.331. The van der Waals surface area contributed by atoms with E-state index in [-0.39, 0.29) is 0 Å². The standard InChI is InChI=1S/C17H21N5O/c1-12-19-15-11-18-7-4-14(15)17(20-12)21-9-5-13(6-10-21)22-8-2-3-16(22)23/h4,7,11,13H,2-3,5-6,8-10H2,1H3. The molecule has 0 unspecified atom stereocenters. The number of hydrogen-bond acceptors (Lipinski definition) is 5. The Bertz CT molecular complexity index is 739. The number of anilines is 1. The van der Waals surface area contributed by atoms with Crippen molar-refractivity contribution in [1.29, 1.82) is 0 Å². The van der Waals surface area contributed by atoms with Gasteiger partial charge in [-0.1, -0.05) is 0 Å². The molecule has 0 N–H and O–H groups in total. The fraction of sp³-hybridized carbons (Fsp3) is 0.529. The molecule has 0 spiro atoms. The van der Waals surface area contributed by atoms with Crippen molar-refractivity contribution >= 4 is 22.6 Å². The molecule has 23 heavy (non-hydrogen) atoms. The number of carbonyl (C=O) groups is 1. The minimum Gasteiger partial charge on any atom is -0.356 e. The van der Waals surface area contributed by atoms with Gasteiger partial charge in [-0.15, -0.1) is 0 Å². The summed E-state index contributed by atoms with van der Waals surface area (Å²) in [6.07, 6.45) is 7.36. The highest BCUT2D eigenvalue weighted by Gasteiger charge is 2.31. The summed E-state index contributed by atoms with van der Waals surface area (Å²) in [5, 5.41) is 1.06. The second kappa shape index (κ2) is 5.76. The summed E-state index contributed by atoms with van der Waals surface area (Å²) >= 11 is 0. The first-order chi connectivity index (χ1) is 11.2. The van der Waals surface area contributed by atoms with Gasteiger partial charge in [-0.2, -0.15) is 0 Å². The van der Waals surface area contributed by atoms with Gasteiger partial charge in [0.15, 0.2) is 0 Å². The van der Waals surface area contributed by atoms with E-state index in [0.29, 0.717) is 11.9 Å². The van der Waals surface area contributed by atoms with Gasteiger partial charge in [0, 0.05) is 43.7 Å². The van der Waals surface area contributed by atoms with E-state index in [4.69, 9.17) is 0 Å². The van der Waals surface area contributed by atoms with E-state index in [0.717, 1.165) is 67.9 Å². The second-order valence-electron chi connectivity index (χ2n) is 6.40. The Hall–Kier alpha value is -2.24. The lowest BCUT2D eigenvalue weighted by atomic mass is 10.0. The van der Waals surface area contributed by atoms with E-state index in [1.807, 2.05) is 13.0 Å². The smallest absolute Gasteiger partial charge is 0.222 e. The van der Waals surface area contributed by atoms with Crippen LogP contribution in [0.3, 0.4) is 0 Å². The van der Waals surface area contributed by atoms with Crippen molar-refractivity contribution in [1.82, 2.24) is 19.9 Å². The molecule has 2 aromatic heterocycles. The van der Waals surface area contributed by atoms with Crippen molar-refractivity contribution in [3.05, 3.63) is 24.3 Å². The number of amides is 1. The summed E-state index contributed by atoms with van der Waals surface area (Å²) in [5.74, 6) is 2.11. The number of aromatic nitrogens is 3. The van der Waals surface area contributed by atoms with E-state index in [1.165, 1.54) is 0 Å². The molecule has 2 fully saturated rings. The molecule has 0 radical (unpaired) electrons. The van der Waals surface area contributed by atoms with Gasteiger partial charge in [-0.05, 0) is 32.3 Å². The molecule has 2 aliphatic rings. The van der Waals surface area contributed by atoms with Crippen LogP contribution in [0.15, 0.2) is 18.5 Å². The van der Waals surface area contributed by atoms with Crippen LogP contribution in [0.25, 0.3) is 10.9 Å². The highest BCUT2D eigenvalue weighted by Crippen LogP contribution is 2.28. The lowest BCUT2D eigenvalue weighted by Crippen LogP contribution is -2.45. The van der Waals surface area contributed by atoms with Gasteiger partial charge < -0.3 is 9.80 Å². The number of rotatable bonds is 2. The Morgan fingerprint density at radius 3 is 2.74 bits per heavy atom. The first-order valence-corrected chi connectivity index (χ1v) is 8.35. The predicted molar refractivity (Wildman–Crippen MR) is 88.3 cm³/mol. The Morgan fingerprint density at radius 1 is 1.17 bits per heavy atom. The summed E-state index contributed by atoms with van der Waals surface area (Å²) in [5.41, 5.74) is 0.895. The van der Waals surface area contributed by atoms with E-state index < -0.39 is 0 Å². The first-order valence-electron chi connectivity index (χ1n) is 8.35. The van der Waals surface area contributed by atoms with E-state index in [1.54, 1.807) is 12.4 Å². The Morgan fingerprint density at radius 2 is 2.00 bits per heavy atom. The highest BCUT2D eigenvalue weighted by atomic mass is 16.2. The summed E-state index contributed by atoms with van der Waals surface area (Å²) in [7, 11) is 0. The van der Waals surface area contributed by atoms with Crippen molar-refractivity contribution in [2.24, 2.45) is 0 Å². The molecule has 4 rings (SSSR count). The fourth-order valence-corrected chi connectivity index (χ4v) is 3.76. The average molecular weight is 311 g/mol. The second-order valence-corrected chi connectivity index (χ2v) is 6.40. The molecule has 0 bridgehead atoms. The van der Waals surface area contributed by atoms with Crippen LogP contribution in [0, 0.1) is 6.92 Å². The Kier molecular flexibility index (Phi) is 3.59. The zero-order chi connectivity index (χ0) is 15.8. The maximum atomic E-state index is 11.9. The molecule has 4 heterocycles. The molecule has 0 aliphatic carbocycles. The number of nitrogens with zero attached hydrogens (tertiary/aromatic N) is 5. The molecule has 2 aliphatic heterocycles. The SMILES string of the molecule is Cc1nc(N2CCC(N3CCCC3=O)CC2)c2ccncc2n1. The van der Waals surface area contributed by atoms with E-state index in [9.17, 15) is 4.79 Å². The molecule has 6 nitrogen and oxygen atoms in total. The van der Waals surface area contributed by atoms with Gasteiger partial charge in [0.25, 0.3) is 0 Å². The topological polar surface area (TPSA) is 62.2 Å². The normalized spacial score (nSPS) is 19.8. The molecule has 2 aromatic rings. The number of carbonyl (C=O) groups excluding carboxylic acids is 1. The molecular weight excluding hydrogens is 290 g/mol. The maximum absolute atomic E-state index is 11.9. The average Bonchev–Trinajstić information content (AvgIpc) is 3.00. The number of aryl methyl sites for hydroxylation is 1. The molecule has 1 amide bonds. The lowest BCUT2D eigenvalue weighted by Gasteiger charge is -2.37. The van der Waals surface area contributed by atoms with Crippen molar-refractivity contribution in [2.45, 2.75) is 38.6 Å². The molecule has 6 heteroatoms. The Balaban J connectivity index is 1.56. The number of likely N-dealkylation sites (tertiary alicyclic amines) is 1. The lowest BCUT2D eigenvalue weighted by molar-refractivity contribution is -0.130. The van der Waals surface area contributed by atoms with Crippen LogP contribution >= 0.6 is 0 Å². The van der Waals surface area contributed by atoms with Crippen LogP contribution < -0.4 is 4.90 Å². The summed E-state index contributed by atoms with van der Waals surface area (Å²) in [6.45, 7) is 4.72. The zero-order valence-electron chi connectivity index (χ0n) is 13.4. The maximum Gasteiger partial charge on any atom is 0.222 e. The largest absolute Gasteiger partial charge is 0.356 e. The minimum absolute atomic E-state index is 0.331. The van der Waals surface area contributed by atoms with Crippen molar-refractivity contribution < 1.29 is 4.79 Å². The third kappa shape index (κ3) is 2.62. The first kappa shape index (κ1) is 14.4.